The third-order valence-electron chi connectivity index (χ3n) is 1.71. The van der Waals surface area contributed by atoms with E-state index in [-0.39, 0.29) is 0 Å². The fourth-order valence-corrected chi connectivity index (χ4v) is 2.60. The maximum absolute atomic E-state index is 12.1. The molecule has 4 nitrogen and oxygen atoms in total. The van der Waals surface area contributed by atoms with Gasteiger partial charge in [0, 0.05) is 10.7 Å². The molecule has 0 aliphatic heterocycles. The van der Waals surface area contributed by atoms with E-state index in [1.807, 2.05) is 0 Å². The van der Waals surface area contributed by atoms with Crippen molar-refractivity contribution in [1.82, 2.24) is 0 Å². The minimum Gasteiger partial charge on any atom is -0.293 e. The quantitative estimate of drug-likeness (QED) is 0.790. The molecule has 0 fully saturated rings. The van der Waals surface area contributed by atoms with Gasteiger partial charge in [-0.2, -0.15) is 0 Å². The Morgan fingerprint density at radius 2 is 1.69 bits per heavy atom. The van der Waals surface area contributed by atoms with Crippen LogP contribution in [0.4, 0.5) is 5.69 Å². The van der Waals surface area contributed by atoms with Gasteiger partial charge in [-0.15, -0.1) is 0 Å². The minimum absolute atomic E-state index is 0.317. The third-order valence-corrected chi connectivity index (χ3v) is 3.69. The highest BCUT2D eigenvalue weighted by Gasteiger charge is 2.23. The van der Waals surface area contributed by atoms with Gasteiger partial charge in [0.1, 0.15) is 0 Å². The maximum atomic E-state index is 12.1. The molecule has 0 radical (unpaired) electrons. The van der Waals surface area contributed by atoms with Crippen molar-refractivity contribution in [2.75, 3.05) is 18.3 Å². The minimum atomic E-state index is -3.25. The summed E-state index contributed by atoms with van der Waals surface area (Å²) in [6, 6.07) is 6.83. The molecule has 0 bridgehead atoms. The lowest BCUT2D eigenvalue weighted by atomic mass is 10.3. The first-order chi connectivity index (χ1) is 7.59. The van der Waals surface area contributed by atoms with Crippen LogP contribution >= 0.6 is 19.3 Å². The van der Waals surface area contributed by atoms with Gasteiger partial charge in [-0.3, -0.25) is 14.1 Å². The van der Waals surface area contributed by atoms with Gasteiger partial charge < -0.3 is 0 Å². The summed E-state index contributed by atoms with van der Waals surface area (Å²) in [5.74, 6) is 0. The van der Waals surface area contributed by atoms with Crippen molar-refractivity contribution in [2.24, 2.45) is 0 Å². The Kier molecular flexibility index (Phi) is 5.29. The summed E-state index contributed by atoms with van der Waals surface area (Å²) in [6.07, 6.45) is 0. The molecule has 0 aliphatic carbocycles. The van der Waals surface area contributed by atoms with Crippen LogP contribution in [0.15, 0.2) is 24.3 Å². The lowest BCUT2D eigenvalue weighted by Gasteiger charge is -2.18. The average molecular weight is 264 g/mol. The predicted octanol–water partition coefficient (Wildman–Crippen LogP) is 3.93. The summed E-state index contributed by atoms with van der Waals surface area (Å²) >= 11 is 5.75. The van der Waals surface area contributed by atoms with Crippen molar-refractivity contribution >= 4 is 25.0 Å². The molecule has 0 spiro atoms. The van der Waals surface area contributed by atoms with Crippen molar-refractivity contribution < 1.29 is 13.6 Å². The topological polar surface area (TPSA) is 47.6 Å². The highest BCUT2D eigenvalue weighted by atomic mass is 35.5. The first-order valence-electron chi connectivity index (χ1n) is 5.02. The fourth-order valence-electron chi connectivity index (χ4n) is 1.12. The summed E-state index contributed by atoms with van der Waals surface area (Å²) in [4.78, 5) is 0. The zero-order chi connectivity index (χ0) is 12.0. The second-order valence-corrected chi connectivity index (χ2v) is 5.12. The Bertz CT molecular complexity index is 359. The molecule has 0 aliphatic rings. The summed E-state index contributed by atoms with van der Waals surface area (Å²) < 4.78 is 22.3. The fraction of sp³-hybridized carbons (Fsp3) is 0.400. The number of hydrogen-bond donors (Lipinski definition) is 1. The molecule has 0 saturated heterocycles. The van der Waals surface area contributed by atoms with Gasteiger partial charge in [0.2, 0.25) is 0 Å². The van der Waals surface area contributed by atoms with E-state index < -0.39 is 7.75 Å². The molecule has 0 unspecified atom stereocenters. The molecule has 0 heterocycles. The molecule has 0 saturated carbocycles. The van der Waals surface area contributed by atoms with Crippen LogP contribution in [0.25, 0.3) is 0 Å². The second kappa shape index (κ2) is 6.26. The van der Waals surface area contributed by atoms with Crippen molar-refractivity contribution in [1.29, 1.82) is 0 Å². The number of benzene rings is 1. The lowest BCUT2D eigenvalue weighted by Crippen LogP contribution is -2.04. The molecular weight excluding hydrogens is 249 g/mol. The van der Waals surface area contributed by atoms with Crippen LogP contribution in [0.5, 0.6) is 0 Å². The number of rotatable bonds is 6. The smallest absolute Gasteiger partial charge is 0.293 e. The van der Waals surface area contributed by atoms with Crippen molar-refractivity contribution in [3.8, 4) is 0 Å². The van der Waals surface area contributed by atoms with Crippen molar-refractivity contribution in [3.05, 3.63) is 29.3 Å². The molecule has 90 valence electrons. The van der Waals surface area contributed by atoms with Crippen LogP contribution in [0.1, 0.15) is 13.8 Å². The highest BCUT2D eigenvalue weighted by molar-refractivity contribution is 7.55. The molecule has 0 aromatic heterocycles. The van der Waals surface area contributed by atoms with Gasteiger partial charge in [0.15, 0.2) is 0 Å². The van der Waals surface area contributed by atoms with Gasteiger partial charge in [0.05, 0.1) is 13.2 Å². The SMILES string of the molecule is CCOP(=O)(Nc1ccc(Cl)cc1)OCC. The van der Waals surface area contributed by atoms with Gasteiger partial charge in [-0.25, -0.2) is 4.57 Å². The van der Waals surface area contributed by atoms with Gasteiger partial charge in [0.25, 0.3) is 0 Å². The maximum Gasteiger partial charge on any atom is 0.432 e. The number of anilines is 1. The van der Waals surface area contributed by atoms with Crippen LogP contribution in [0.3, 0.4) is 0 Å². The Hall–Kier alpha value is -0.540. The van der Waals surface area contributed by atoms with Crippen molar-refractivity contribution in [2.45, 2.75) is 13.8 Å². The molecule has 1 aromatic carbocycles. The van der Waals surface area contributed by atoms with E-state index in [0.717, 1.165) is 0 Å². The van der Waals surface area contributed by atoms with Crippen LogP contribution in [0.2, 0.25) is 5.02 Å². The van der Waals surface area contributed by atoms with E-state index >= 15 is 0 Å². The normalized spacial score (nSPS) is 11.4. The van der Waals surface area contributed by atoms with Gasteiger partial charge in [-0.1, -0.05) is 11.6 Å². The Labute approximate surface area is 100 Å². The summed E-state index contributed by atoms with van der Waals surface area (Å²) in [5, 5.41) is 3.36. The summed E-state index contributed by atoms with van der Waals surface area (Å²) in [7, 11) is -3.25. The molecule has 0 amide bonds. The third kappa shape index (κ3) is 4.14. The highest BCUT2D eigenvalue weighted by Crippen LogP contribution is 2.47. The van der Waals surface area contributed by atoms with Crippen LogP contribution in [0, 0.1) is 0 Å². The van der Waals surface area contributed by atoms with E-state index in [2.05, 4.69) is 5.09 Å². The van der Waals surface area contributed by atoms with E-state index in [0.29, 0.717) is 23.9 Å². The second-order valence-electron chi connectivity index (χ2n) is 2.95. The summed E-state index contributed by atoms with van der Waals surface area (Å²) in [6.45, 7) is 4.15. The Balaban J connectivity index is 2.75. The standard InChI is InChI=1S/C10H15ClNO3P/c1-3-14-16(13,15-4-2)12-10-7-5-9(11)6-8-10/h5-8H,3-4H2,1-2H3,(H,12,13). The zero-order valence-corrected chi connectivity index (χ0v) is 10.9. The molecule has 1 aromatic rings. The molecule has 0 atom stereocenters. The van der Waals surface area contributed by atoms with Crippen LogP contribution < -0.4 is 5.09 Å². The van der Waals surface area contributed by atoms with Crippen LogP contribution in [-0.2, 0) is 13.6 Å². The van der Waals surface area contributed by atoms with Gasteiger partial charge in [-0.05, 0) is 38.1 Å². The van der Waals surface area contributed by atoms with Gasteiger partial charge >= 0.3 is 7.75 Å². The molecule has 16 heavy (non-hydrogen) atoms. The Morgan fingerprint density at radius 3 is 2.12 bits per heavy atom. The Morgan fingerprint density at radius 1 is 1.19 bits per heavy atom. The number of halogens is 1. The predicted molar refractivity (Wildman–Crippen MR) is 65.9 cm³/mol. The number of hydrogen-bond acceptors (Lipinski definition) is 3. The van der Waals surface area contributed by atoms with E-state index in [1.54, 1.807) is 38.1 Å². The first kappa shape index (κ1) is 13.5. The van der Waals surface area contributed by atoms with E-state index in [4.69, 9.17) is 20.6 Å². The van der Waals surface area contributed by atoms with E-state index in [9.17, 15) is 4.57 Å². The van der Waals surface area contributed by atoms with Crippen molar-refractivity contribution in [3.63, 3.8) is 0 Å². The average Bonchev–Trinajstić information content (AvgIpc) is 2.22. The molecule has 6 heteroatoms. The van der Waals surface area contributed by atoms with E-state index in [1.165, 1.54) is 0 Å². The zero-order valence-electron chi connectivity index (χ0n) is 9.27. The molecule has 1 rings (SSSR count). The molecule has 1 N–H and O–H groups in total. The van der Waals surface area contributed by atoms with Crippen LogP contribution in [-0.4, -0.2) is 13.2 Å². The largest absolute Gasteiger partial charge is 0.432 e. The molecular formula is C10H15ClNO3P. The first-order valence-corrected chi connectivity index (χ1v) is 6.94. The monoisotopic (exact) mass is 263 g/mol. The number of nitrogens with one attached hydrogen (secondary N) is 1. The summed E-state index contributed by atoms with van der Waals surface area (Å²) in [5.41, 5.74) is 0.648. The lowest BCUT2D eigenvalue weighted by molar-refractivity contribution is 0.225.